The number of piperidine rings is 1. The number of hydrogen-bond donors (Lipinski definition) is 2. The second-order valence-electron chi connectivity index (χ2n) is 6.85. The molecule has 1 unspecified atom stereocenters. The monoisotopic (exact) mass is 463 g/mol. The molecule has 1 aromatic rings. The van der Waals surface area contributed by atoms with E-state index < -0.39 is 0 Å². The minimum Gasteiger partial charge on any atom is -0.359 e. The number of nitrogens with zero attached hydrogens (tertiary/aromatic N) is 3. The molecule has 25 heavy (non-hydrogen) atoms. The zero-order valence-electron chi connectivity index (χ0n) is 16.0. The van der Waals surface area contributed by atoms with Crippen molar-refractivity contribution in [3.63, 3.8) is 0 Å². The van der Waals surface area contributed by atoms with Gasteiger partial charge in [-0.2, -0.15) is 0 Å². The van der Waals surface area contributed by atoms with Crippen LogP contribution < -0.4 is 10.6 Å². The lowest BCUT2D eigenvalue weighted by atomic mass is 9.98. The molecule has 0 aromatic carbocycles. The Morgan fingerprint density at radius 3 is 2.84 bits per heavy atom. The Kier molecular flexibility index (Phi) is 10.4. The molecule has 2 heterocycles. The molecule has 1 saturated heterocycles. The highest BCUT2D eigenvalue weighted by Crippen LogP contribution is 2.16. The second kappa shape index (κ2) is 11.7. The highest BCUT2D eigenvalue weighted by molar-refractivity contribution is 14.0. The number of hydrogen-bond acceptors (Lipinski definition) is 4. The summed E-state index contributed by atoms with van der Waals surface area (Å²) in [6.07, 6.45) is 2.59. The maximum atomic E-state index is 5.36. The van der Waals surface area contributed by atoms with Crippen LogP contribution in [0.15, 0.2) is 15.6 Å². The number of aliphatic imine (C=N–C) groups is 1. The molecule has 0 radical (unpaired) electrons. The number of nitrogens with one attached hydrogen (secondary N) is 2. The van der Waals surface area contributed by atoms with Crippen molar-refractivity contribution in [2.75, 3.05) is 32.7 Å². The number of likely N-dealkylation sites (tertiary alicyclic amines) is 1. The average molecular weight is 463 g/mol. The predicted octanol–water partition coefficient (Wildman–Crippen LogP) is 3.20. The lowest BCUT2D eigenvalue weighted by Crippen LogP contribution is -2.44. The third kappa shape index (κ3) is 7.52. The molecule has 2 rings (SSSR count). The summed E-state index contributed by atoms with van der Waals surface area (Å²) in [4.78, 5) is 7.16. The van der Waals surface area contributed by atoms with Crippen LogP contribution in [0.2, 0.25) is 0 Å². The first-order valence-corrected chi connectivity index (χ1v) is 9.32. The van der Waals surface area contributed by atoms with Crippen molar-refractivity contribution in [2.45, 2.75) is 53.0 Å². The fraction of sp³-hybridized carbons (Fsp3) is 0.778. The first kappa shape index (κ1) is 22.2. The molecule has 0 spiro atoms. The molecule has 0 amide bonds. The Hall–Kier alpha value is -0.830. The van der Waals surface area contributed by atoms with Gasteiger partial charge in [0, 0.05) is 25.7 Å². The predicted molar refractivity (Wildman–Crippen MR) is 114 cm³/mol. The van der Waals surface area contributed by atoms with Gasteiger partial charge >= 0.3 is 0 Å². The third-order valence-electron chi connectivity index (χ3n) is 4.51. The maximum Gasteiger partial charge on any atom is 0.191 e. The van der Waals surface area contributed by atoms with Crippen LogP contribution in [0.5, 0.6) is 0 Å². The van der Waals surface area contributed by atoms with E-state index in [0.717, 1.165) is 37.0 Å². The fourth-order valence-corrected chi connectivity index (χ4v) is 3.02. The number of halogens is 1. The van der Waals surface area contributed by atoms with Gasteiger partial charge in [-0.15, -0.1) is 24.0 Å². The van der Waals surface area contributed by atoms with E-state index in [2.05, 4.69) is 53.4 Å². The van der Waals surface area contributed by atoms with Crippen molar-refractivity contribution in [3.05, 3.63) is 17.5 Å². The highest BCUT2D eigenvalue weighted by atomic mass is 127. The average Bonchev–Trinajstić information content (AvgIpc) is 3.07. The molecule has 0 bridgehead atoms. The minimum atomic E-state index is 0. The van der Waals surface area contributed by atoms with Gasteiger partial charge in [-0.25, -0.2) is 4.99 Å². The van der Waals surface area contributed by atoms with Gasteiger partial charge in [-0.1, -0.05) is 25.9 Å². The van der Waals surface area contributed by atoms with Crippen LogP contribution in [-0.4, -0.2) is 48.7 Å². The van der Waals surface area contributed by atoms with Crippen molar-refractivity contribution in [1.82, 2.24) is 20.7 Å². The molecule has 1 fully saturated rings. The second-order valence-corrected chi connectivity index (χ2v) is 6.85. The van der Waals surface area contributed by atoms with Crippen LogP contribution in [0, 0.1) is 5.92 Å². The van der Waals surface area contributed by atoms with Crippen molar-refractivity contribution in [3.8, 4) is 0 Å². The lowest BCUT2D eigenvalue weighted by Gasteiger charge is -2.32. The summed E-state index contributed by atoms with van der Waals surface area (Å²) in [5.41, 5.74) is 0.986. The summed E-state index contributed by atoms with van der Waals surface area (Å²) in [5.74, 6) is 2.74. The van der Waals surface area contributed by atoms with Gasteiger partial charge in [-0.3, -0.25) is 0 Å². The van der Waals surface area contributed by atoms with Crippen LogP contribution in [0.25, 0.3) is 0 Å². The number of guanidine groups is 1. The normalized spacial score (nSPS) is 18.9. The Bertz CT molecular complexity index is 517. The van der Waals surface area contributed by atoms with Crippen LogP contribution >= 0.6 is 24.0 Å². The van der Waals surface area contributed by atoms with E-state index in [4.69, 9.17) is 4.52 Å². The van der Waals surface area contributed by atoms with E-state index >= 15 is 0 Å². The Balaban J connectivity index is 0.00000312. The quantitative estimate of drug-likeness (QED) is 0.370. The molecule has 2 N–H and O–H groups in total. The van der Waals surface area contributed by atoms with Crippen molar-refractivity contribution >= 4 is 29.9 Å². The molecule has 1 aliphatic rings. The number of rotatable bonds is 7. The van der Waals surface area contributed by atoms with Gasteiger partial charge < -0.3 is 20.1 Å². The Morgan fingerprint density at radius 1 is 1.40 bits per heavy atom. The van der Waals surface area contributed by atoms with Crippen LogP contribution in [0.4, 0.5) is 0 Å². The van der Waals surface area contributed by atoms with Crippen molar-refractivity contribution < 1.29 is 4.52 Å². The zero-order valence-corrected chi connectivity index (χ0v) is 18.4. The summed E-state index contributed by atoms with van der Waals surface area (Å²) in [6, 6.07) is 2.00. The first-order valence-electron chi connectivity index (χ1n) is 9.32. The van der Waals surface area contributed by atoms with Gasteiger partial charge in [0.25, 0.3) is 0 Å². The summed E-state index contributed by atoms with van der Waals surface area (Å²) >= 11 is 0. The molecule has 6 nitrogen and oxygen atoms in total. The summed E-state index contributed by atoms with van der Waals surface area (Å²) in [7, 11) is 0. The molecular weight excluding hydrogens is 429 g/mol. The minimum absolute atomic E-state index is 0. The smallest absolute Gasteiger partial charge is 0.191 e. The van der Waals surface area contributed by atoms with E-state index in [9.17, 15) is 0 Å². The molecular formula is C18H34IN5O. The summed E-state index contributed by atoms with van der Waals surface area (Å²) in [5, 5.41) is 10.9. The molecule has 1 aliphatic heterocycles. The summed E-state index contributed by atoms with van der Waals surface area (Å²) in [6.45, 7) is 14.5. The van der Waals surface area contributed by atoms with E-state index in [-0.39, 0.29) is 24.0 Å². The van der Waals surface area contributed by atoms with Gasteiger partial charge in [0.15, 0.2) is 11.7 Å². The van der Waals surface area contributed by atoms with E-state index in [1.54, 1.807) is 0 Å². The van der Waals surface area contributed by atoms with Crippen LogP contribution in [-0.2, 0) is 6.54 Å². The van der Waals surface area contributed by atoms with Gasteiger partial charge in [-0.05, 0) is 44.7 Å². The standard InChI is InChI=1S/C18H33N5O.HI/c1-5-19-18(20-11-15-8-7-9-23(6-2)13-15)21-12-16-10-17(14(3)4)22-24-16;/h10,14-15H,5-9,11-13H2,1-4H3,(H2,19,20,21);1H. The third-order valence-corrected chi connectivity index (χ3v) is 4.51. The topological polar surface area (TPSA) is 65.7 Å². The highest BCUT2D eigenvalue weighted by Gasteiger charge is 2.18. The van der Waals surface area contributed by atoms with Gasteiger partial charge in [0.1, 0.15) is 6.54 Å². The molecule has 0 aliphatic carbocycles. The Morgan fingerprint density at radius 2 is 2.20 bits per heavy atom. The molecule has 1 aromatic heterocycles. The molecule has 7 heteroatoms. The van der Waals surface area contributed by atoms with Crippen LogP contribution in [0.3, 0.4) is 0 Å². The van der Waals surface area contributed by atoms with Crippen LogP contribution in [0.1, 0.15) is 57.9 Å². The van der Waals surface area contributed by atoms with Gasteiger partial charge in [0.2, 0.25) is 0 Å². The zero-order chi connectivity index (χ0) is 17.4. The van der Waals surface area contributed by atoms with Crippen molar-refractivity contribution in [1.29, 1.82) is 0 Å². The number of aromatic nitrogens is 1. The SMILES string of the molecule is CCNC(=NCc1cc(C(C)C)no1)NCC1CCCN(CC)C1.I. The van der Waals surface area contributed by atoms with E-state index in [0.29, 0.717) is 18.4 Å². The molecule has 144 valence electrons. The van der Waals surface area contributed by atoms with E-state index in [1.165, 1.54) is 25.9 Å². The lowest BCUT2D eigenvalue weighted by molar-refractivity contribution is 0.183. The van der Waals surface area contributed by atoms with Crippen molar-refractivity contribution in [2.24, 2.45) is 10.9 Å². The summed E-state index contributed by atoms with van der Waals surface area (Å²) < 4.78 is 5.36. The maximum absolute atomic E-state index is 5.36. The van der Waals surface area contributed by atoms with Gasteiger partial charge in [0.05, 0.1) is 5.69 Å². The Labute approximate surface area is 169 Å². The fourth-order valence-electron chi connectivity index (χ4n) is 3.02. The molecule has 1 atom stereocenters. The van der Waals surface area contributed by atoms with E-state index in [1.807, 2.05) is 6.07 Å². The molecule has 0 saturated carbocycles. The first-order chi connectivity index (χ1) is 11.6. The largest absolute Gasteiger partial charge is 0.359 e.